The molecule has 0 saturated heterocycles. The Kier molecular flexibility index (Phi) is 4.78. The van der Waals surface area contributed by atoms with Crippen molar-refractivity contribution in [3.8, 4) is 5.75 Å². The second-order valence-electron chi connectivity index (χ2n) is 2.90. The van der Waals surface area contributed by atoms with Gasteiger partial charge in [-0.25, -0.2) is 0 Å². The maximum atomic E-state index is 11.8. The van der Waals surface area contributed by atoms with Gasteiger partial charge in [0, 0.05) is 12.0 Å². The number of nitrogens with two attached hydrogens (primary N) is 1. The molecular formula is C10H11ClFNOS. The monoisotopic (exact) mass is 247 g/mol. The zero-order valence-electron chi connectivity index (χ0n) is 8.00. The van der Waals surface area contributed by atoms with Crippen LogP contribution in [0.1, 0.15) is 12.0 Å². The van der Waals surface area contributed by atoms with Gasteiger partial charge in [0.15, 0.2) is 0 Å². The molecule has 1 aromatic carbocycles. The van der Waals surface area contributed by atoms with Crippen molar-refractivity contribution in [2.24, 2.45) is 5.73 Å². The van der Waals surface area contributed by atoms with Crippen LogP contribution in [0.4, 0.5) is 4.39 Å². The van der Waals surface area contributed by atoms with Gasteiger partial charge in [-0.15, -0.1) is 0 Å². The molecule has 5 heteroatoms. The molecule has 2 N–H and O–H groups in total. The molecule has 0 aliphatic rings. The maximum absolute atomic E-state index is 11.8. The second kappa shape index (κ2) is 5.88. The molecule has 0 aliphatic carbocycles. The smallest absolute Gasteiger partial charge is 0.120 e. The highest BCUT2D eigenvalue weighted by atomic mass is 35.5. The Hall–Kier alpha value is -0.870. The van der Waals surface area contributed by atoms with E-state index in [1.807, 2.05) is 0 Å². The molecule has 0 spiro atoms. The number of rotatable bonds is 5. The number of benzene rings is 1. The summed E-state index contributed by atoms with van der Waals surface area (Å²) in [7, 11) is 0. The molecule has 82 valence electrons. The Morgan fingerprint density at radius 1 is 1.53 bits per heavy atom. The Bertz CT molecular complexity index is 359. The third-order valence-electron chi connectivity index (χ3n) is 1.75. The third kappa shape index (κ3) is 3.64. The largest absolute Gasteiger partial charge is 0.493 e. The Morgan fingerprint density at radius 3 is 2.80 bits per heavy atom. The molecule has 0 unspecified atom stereocenters. The first-order chi connectivity index (χ1) is 7.15. The number of alkyl halides is 1. The van der Waals surface area contributed by atoms with Crippen LogP contribution in [0.2, 0.25) is 5.02 Å². The molecule has 0 atom stereocenters. The Balaban J connectivity index is 2.69. The van der Waals surface area contributed by atoms with Crippen LogP contribution in [-0.2, 0) is 0 Å². The van der Waals surface area contributed by atoms with Gasteiger partial charge in [-0.2, -0.15) is 0 Å². The average molecular weight is 248 g/mol. The SMILES string of the molecule is NC(=S)c1ccc(OCCCF)cc1Cl. The first-order valence-corrected chi connectivity index (χ1v) is 5.22. The van der Waals surface area contributed by atoms with E-state index in [1.165, 1.54) is 0 Å². The topological polar surface area (TPSA) is 35.2 Å². The number of hydrogen-bond donors (Lipinski definition) is 1. The molecule has 2 nitrogen and oxygen atoms in total. The Morgan fingerprint density at radius 2 is 2.27 bits per heavy atom. The summed E-state index contributed by atoms with van der Waals surface area (Å²) in [5.74, 6) is 0.591. The van der Waals surface area contributed by atoms with E-state index in [9.17, 15) is 4.39 Å². The average Bonchev–Trinajstić information content (AvgIpc) is 2.17. The van der Waals surface area contributed by atoms with E-state index in [2.05, 4.69) is 0 Å². The lowest BCUT2D eigenvalue weighted by molar-refractivity contribution is 0.289. The highest BCUT2D eigenvalue weighted by Crippen LogP contribution is 2.22. The predicted octanol–water partition coefficient (Wildman–Crippen LogP) is 2.71. The van der Waals surface area contributed by atoms with Gasteiger partial charge in [0.1, 0.15) is 10.7 Å². The molecule has 15 heavy (non-hydrogen) atoms. The van der Waals surface area contributed by atoms with Gasteiger partial charge in [0.25, 0.3) is 0 Å². The van der Waals surface area contributed by atoms with Crippen molar-refractivity contribution >= 4 is 28.8 Å². The van der Waals surface area contributed by atoms with Crippen molar-refractivity contribution in [2.75, 3.05) is 13.3 Å². The van der Waals surface area contributed by atoms with E-state index in [4.69, 9.17) is 34.3 Å². The van der Waals surface area contributed by atoms with Crippen molar-refractivity contribution in [1.82, 2.24) is 0 Å². The van der Waals surface area contributed by atoms with E-state index in [-0.39, 0.29) is 4.99 Å². The van der Waals surface area contributed by atoms with Crippen molar-refractivity contribution < 1.29 is 9.13 Å². The van der Waals surface area contributed by atoms with E-state index < -0.39 is 6.67 Å². The minimum Gasteiger partial charge on any atom is -0.493 e. The highest BCUT2D eigenvalue weighted by Gasteiger charge is 2.04. The fraction of sp³-hybridized carbons (Fsp3) is 0.300. The fourth-order valence-electron chi connectivity index (χ4n) is 1.03. The minimum absolute atomic E-state index is 0.246. The van der Waals surface area contributed by atoms with Crippen LogP contribution < -0.4 is 10.5 Å². The van der Waals surface area contributed by atoms with Crippen LogP contribution in [0.3, 0.4) is 0 Å². The van der Waals surface area contributed by atoms with Crippen LogP contribution in [0.5, 0.6) is 5.75 Å². The van der Waals surface area contributed by atoms with Gasteiger partial charge < -0.3 is 10.5 Å². The fourth-order valence-corrected chi connectivity index (χ4v) is 1.54. The van der Waals surface area contributed by atoms with Gasteiger partial charge in [-0.3, -0.25) is 4.39 Å². The van der Waals surface area contributed by atoms with Crippen LogP contribution in [0.25, 0.3) is 0 Å². The highest BCUT2D eigenvalue weighted by molar-refractivity contribution is 7.80. The molecule has 0 saturated carbocycles. The lowest BCUT2D eigenvalue weighted by Crippen LogP contribution is -2.10. The molecular weight excluding hydrogens is 237 g/mol. The van der Waals surface area contributed by atoms with Crippen molar-refractivity contribution in [3.63, 3.8) is 0 Å². The first kappa shape index (κ1) is 12.2. The summed E-state index contributed by atoms with van der Waals surface area (Å²) in [5, 5.41) is 0.445. The molecule has 0 bridgehead atoms. The summed E-state index contributed by atoms with van der Waals surface area (Å²) < 4.78 is 17.1. The van der Waals surface area contributed by atoms with Gasteiger partial charge >= 0.3 is 0 Å². The van der Waals surface area contributed by atoms with E-state index in [0.717, 1.165) is 0 Å². The molecule has 1 aromatic rings. The Labute approximate surface area is 98.2 Å². The maximum Gasteiger partial charge on any atom is 0.120 e. The zero-order valence-corrected chi connectivity index (χ0v) is 9.58. The lowest BCUT2D eigenvalue weighted by atomic mass is 10.2. The molecule has 0 amide bonds. The summed E-state index contributed by atoms with van der Waals surface area (Å²) in [5.41, 5.74) is 6.06. The number of ether oxygens (including phenoxy) is 1. The quantitative estimate of drug-likeness (QED) is 0.642. The van der Waals surface area contributed by atoms with Gasteiger partial charge in [0.2, 0.25) is 0 Å². The lowest BCUT2D eigenvalue weighted by Gasteiger charge is -2.07. The molecule has 1 rings (SSSR count). The summed E-state index contributed by atoms with van der Waals surface area (Å²) in [6.07, 6.45) is 0.370. The van der Waals surface area contributed by atoms with Crippen molar-refractivity contribution in [3.05, 3.63) is 28.8 Å². The van der Waals surface area contributed by atoms with Crippen LogP contribution in [-0.4, -0.2) is 18.3 Å². The molecule has 0 heterocycles. The molecule has 0 aliphatic heterocycles. The predicted molar refractivity (Wildman–Crippen MR) is 63.4 cm³/mol. The summed E-state index contributed by atoms with van der Waals surface area (Å²) >= 11 is 10.7. The number of thiocarbonyl (C=S) groups is 1. The number of hydrogen-bond acceptors (Lipinski definition) is 2. The molecule has 0 radical (unpaired) electrons. The van der Waals surface area contributed by atoms with Crippen LogP contribution >= 0.6 is 23.8 Å². The zero-order chi connectivity index (χ0) is 11.3. The summed E-state index contributed by atoms with van der Waals surface area (Å²) in [6.45, 7) is -0.0576. The van der Waals surface area contributed by atoms with E-state index in [0.29, 0.717) is 29.4 Å². The van der Waals surface area contributed by atoms with Gasteiger partial charge in [0.05, 0.1) is 18.3 Å². The molecule has 0 fully saturated rings. The summed E-state index contributed by atoms with van der Waals surface area (Å²) in [6, 6.07) is 5.02. The standard InChI is InChI=1S/C10H11ClFNOS/c11-9-6-7(14-5-1-4-12)2-3-8(9)10(13)15/h2-3,6H,1,4-5H2,(H2,13,15). The van der Waals surface area contributed by atoms with Gasteiger partial charge in [-0.05, 0) is 18.2 Å². The first-order valence-electron chi connectivity index (χ1n) is 4.43. The minimum atomic E-state index is -0.390. The van der Waals surface area contributed by atoms with Crippen molar-refractivity contribution in [2.45, 2.75) is 6.42 Å². The normalized spacial score (nSPS) is 10.0. The summed E-state index contributed by atoms with van der Waals surface area (Å²) in [4.78, 5) is 0.246. The van der Waals surface area contributed by atoms with Gasteiger partial charge in [-0.1, -0.05) is 23.8 Å². The van der Waals surface area contributed by atoms with E-state index >= 15 is 0 Å². The number of halogens is 2. The van der Waals surface area contributed by atoms with Crippen LogP contribution in [0.15, 0.2) is 18.2 Å². The second-order valence-corrected chi connectivity index (χ2v) is 3.74. The van der Waals surface area contributed by atoms with Crippen molar-refractivity contribution in [1.29, 1.82) is 0 Å². The third-order valence-corrected chi connectivity index (χ3v) is 2.29. The van der Waals surface area contributed by atoms with E-state index in [1.54, 1.807) is 18.2 Å². The van der Waals surface area contributed by atoms with Crippen LogP contribution in [0, 0.1) is 0 Å². The molecule has 0 aromatic heterocycles.